The van der Waals surface area contributed by atoms with Gasteiger partial charge in [0.25, 0.3) is 0 Å². The number of hydrogen-bond donors (Lipinski definition) is 1. The zero-order valence-corrected chi connectivity index (χ0v) is 11.3. The molecular weight excluding hydrogens is 234 g/mol. The molecule has 0 aromatic heterocycles. The molecule has 1 aliphatic rings. The molecule has 1 heterocycles. The highest BCUT2D eigenvalue weighted by Gasteiger charge is 2.09. The maximum Gasteiger partial charge on any atom is 0.122 e. The summed E-state index contributed by atoms with van der Waals surface area (Å²) in [7, 11) is 0. The molecule has 2 aromatic rings. The second-order valence-electron chi connectivity index (χ2n) is 5.08. The molecule has 1 aliphatic heterocycles. The minimum atomic E-state index is 0.637. The van der Waals surface area contributed by atoms with Gasteiger partial charge in [0.15, 0.2) is 0 Å². The lowest BCUT2D eigenvalue weighted by Gasteiger charge is -2.19. The van der Waals surface area contributed by atoms with E-state index in [-0.39, 0.29) is 0 Å². The van der Waals surface area contributed by atoms with Crippen LogP contribution in [-0.4, -0.2) is 6.54 Å². The van der Waals surface area contributed by atoms with Crippen LogP contribution in [0.1, 0.15) is 23.1 Å². The highest BCUT2D eigenvalue weighted by atomic mass is 16.5. The van der Waals surface area contributed by atoms with Gasteiger partial charge < -0.3 is 10.1 Å². The molecule has 0 fully saturated rings. The molecule has 0 spiro atoms. The van der Waals surface area contributed by atoms with Crippen LogP contribution in [0, 0.1) is 6.92 Å². The zero-order valence-electron chi connectivity index (χ0n) is 11.3. The zero-order chi connectivity index (χ0) is 13.1. The average Bonchev–Trinajstić information content (AvgIpc) is 2.46. The van der Waals surface area contributed by atoms with Gasteiger partial charge in [0.1, 0.15) is 12.4 Å². The van der Waals surface area contributed by atoms with Crippen LogP contribution in [0.4, 0.5) is 5.69 Å². The van der Waals surface area contributed by atoms with E-state index in [1.165, 1.54) is 35.2 Å². The molecular formula is C17H19NO. The Morgan fingerprint density at radius 1 is 1.16 bits per heavy atom. The van der Waals surface area contributed by atoms with E-state index in [2.05, 4.69) is 36.5 Å². The molecule has 0 saturated heterocycles. The van der Waals surface area contributed by atoms with Crippen LogP contribution in [-0.2, 0) is 13.0 Å². The Kier molecular flexibility index (Phi) is 3.41. The third-order valence-corrected chi connectivity index (χ3v) is 3.60. The second kappa shape index (κ2) is 5.35. The van der Waals surface area contributed by atoms with Crippen molar-refractivity contribution in [3.05, 3.63) is 59.2 Å². The largest absolute Gasteiger partial charge is 0.489 e. The first-order valence-corrected chi connectivity index (χ1v) is 6.87. The highest BCUT2D eigenvalue weighted by molar-refractivity contribution is 5.54. The van der Waals surface area contributed by atoms with Crippen LogP contribution in [0.3, 0.4) is 0 Å². The molecule has 0 radical (unpaired) electrons. The van der Waals surface area contributed by atoms with E-state index in [9.17, 15) is 0 Å². The summed E-state index contributed by atoms with van der Waals surface area (Å²) in [6, 6.07) is 14.7. The molecule has 0 saturated carbocycles. The van der Waals surface area contributed by atoms with Crippen molar-refractivity contribution in [3.63, 3.8) is 0 Å². The van der Waals surface area contributed by atoms with Crippen molar-refractivity contribution in [1.29, 1.82) is 0 Å². The highest BCUT2D eigenvalue weighted by Crippen LogP contribution is 2.24. The van der Waals surface area contributed by atoms with Crippen LogP contribution in [0.15, 0.2) is 42.5 Å². The molecule has 2 heteroatoms. The molecule has 2 aromatic carbocycles. The van der Waals surface area contributed by atoms with E-state index in [0.29, 0.717) is 6.61 Å². The first-order valence-electron chi connectivity index (χ1n) is 6.87. The van der Waals surface area contributed by atoms with Crippen molar-refractivity contribution in [2.45, 2.75) is 26.4 Å². The predicted molar refractivity (Wildman–Crippen MR) is 78.8 cm³/mol. The molecule has 0 unspecified atom stereocenters. The smallest absolute Gasteiger partial charge is 0.122 e. The van der Waals surface area contributed by atoms with Crippen LogP contribution in [0.5, 0.6) is 5.75 Å². The SMILES string of the molecule is Cc1ccccc1OCc1ccc2c(c1)CCCN2. The summed E-state index contributed by atoms with van der Waals surface area (Å²) in [5.41, 5.74) is 5.12. The number of ether oxygens (including phenoxy) is 1. The number of rotatable bonds is 3. The third-order valence-electron chi connectivity index (χ3n) is 3.60. The van der Waals surface area contributed by atoms with Gasteiger partial charge >= 0.3 is 0 Å². The quantitative estimate of drug-likeness (QED) is 0.894. The average molecular weight is 253 g/mol. The Labute approximate surface area is 114 Å². The van der Waals surface area contributed by atoms with E-state index in [4.69, 9.17) is 4.74 Å². The summed E-state index contributed by atoms with van der Waals surface area (Å²) in [4.78, 5) is 0. The summed E-state index contributed by atoms with van der Waals surface area (Å²) >= 11 is 0. The minimum absolute atomic E-state index is 0.637. The summed E-state index contributed by atoms with van der Waals surface area (Å²) in [6.45, 7) is 3.80. The lowest BCUT2D eigenvalue weighted by Crippen LogP contribution is -2.12. The van der Waals surface area contributed by atoms with Crippen molar-refractivity contribution < 1.29 is 4.74 Å². The molecule has 2 nitrogen and oxygen atoms in total. The predicted octanol–water partition coefficient (Wildman–Crippen LogP) is 3.93. The minimum Gasteiger partial charge on any atom is -0.489 e. The molecule has 1 N–H and O–H groups in total. The number of hydrogen-bond acceptors (Lipinski definition) is 2. The number of anilines is 1. The van der Waals surface area contributed by atoms with Gasteiger partial charge in [-0.25, -0.2) is 0 Å². The van der Waals surface area contributed by atoms with Gasteiger partial charge in [-0.2, -0.15) is 0 Å². The van der Waals surface area contributed by atoms with Crippen molar-refractivity contribution in [1.82, 2.24) is 0 Å². The van der Waals surface area contributed by atoms with Gasteiger partial charge in [-0.15, -0.1) is 0 Å². The lowest BCUT2D eigenvalue weighted by atomic mass is 10.0. The van der Waals surface area contributed by atoms with Gasteiger partial charge in [0.2, 0.25) is 0 Å². The number of aryl methyl sites for hydroxylation is 2. The molecule has 0 amide bonds. The topological polar surface area (TPSA) is 21.3 Å². The normalized spacial score (nSPS) is 13.5. The fourth-order valence-electron chi connectivity index (χ4n) is 2.50. The van der Waals surface area contributed by atoms with Gasteiger partial charge in [0.05, 0.1) is 0 Å². The fraction of sp³-hybridized carbons (Fsp3) is 0.294. The Bertz CT molecular complexity index is 577. The van der Waals surface area contributed by atoms with Crippen LogP contribution < -0.4 is 10.1 Å². The standard InChI is InChI=1S/C17H19NO/c1-13-5-2-3-7-17(13)19-12-14-8-9-16-15(11-14)6-4-10-18-16/h2-3,5,7-9,11,18H,4,6,10,12H2,1H3. The molecule has 0 atom stereocenters. The van der Waals surface area contributed by atoms with E-state index in [1.807, 2.05) is 18.2 Å². The van der Waals surface area contributed by atoms with E-state index in [0.717, 1.165) is 12.3 Å². The van der Waals surface area contributed by atoms with Gasteiger partial charge in [-0.3, -0.25) is 0 Å². The van der Waals surface area contributed by atoms with E-state index in [1.54, 1.807) is 0 Å². The maximum absolute atomic E-state index is 5.89. The van der Waals surface area contributed by atoms with Gasteiger partial charge in [-0.1, -0.05) is 30.3 Å². The summed E-state index contributed by atoms with van der Waals surface area (Å²) in [6.07, 6.45) is 2.38. The Morgan fingerprint density at radius 2 is 2.05 bits per heavy atom. The van der Waals surface area contributed by atoms with E-state index >= 15 is 0 Å². The van der Waals surface area contributed by atoms with E-state index < -0.39 is 0 Å². The molecule has 0 aliphatic carbocycles. The summed E-state index contributed by atoms with van der Waals surface area (Å²) < 4.78 is 5.89. The van der Waals surface area contributed by atoms with Crippen molar-refractivity contribution in [2.24, 2.45) is 0 Å². The van der Waals surface area contributed by atoms with Crippen LogP contribution in [0.2, 0.25) is 0 Å². The van der Waals surface area contributed by atoms with Crippen molar-refractivity contribution in [3.8, 4) is 5.75 Å². The third kappa shape index (κ3) is 2.73. The number of benzene rings is 2. The van der Waals surface area contributed by atoms with Crippen molar-refractivity contribution in [2.75, 3.05) is 11.9 Å². The molecule has 0 bridgehead atoms. The second-order valence-corrected chi connectivity index (χ2v) is 5.08. The Hall–Kier alpha value is -1.96. The summed E-state index contributed by atoms with van der Waals surface area (Å²) in [5.74, 6) is 0.971. The number of para-hydroxylation sites is 1. The maximum atomic E-state index is 5.89. The van der Waals surface area contributed by atoms with Crippen LogP contribution >= 0.6 is 0 Å². The first kappa shape index (κ1) is 12.1. The number of fused-ring (bicyclic) bond motifs is 1. The van der Waals surface area contributed by atoms with Crippen LogP contribution in [0.25, 0.3) is 0 Å². The van der Waals surface area contributed by atoms with Gasteiger partial charge in [-0.05, 0) is 48.6 Å². The fourth-order valence-corrected chi connectivity index (χ4v) is 2.50. The van der Waals surface area contributed by atoms with Gasteiger partial charge in [0, 0.05) is 12.2 Å². The Morgan fingerprint density at radius 3 is 2.95 bits per heavy atom. The molecule has 98 valence electrons. The summed E-state index contributed by atoms with van der Waals surface area (Å²) in [5, 5.41) is 3.43. The number of nitrogens with one attached hydrogen (secondary N) is 1. The molecule has 19 heavy (non-hydrogen) atoms. The Balaban J connectivity index is 1.72. The monoisotopic (exact) mass is 253 g/mol. The van der Waals surface area contributed by atoms with Crippen molar-refractivity contribution >= 4 is 5.69 Å². The first-order chi connectivity index (χ1) is 9.33. The molecule has 3 rings (SSSR count). The lowest BCUT2D eigenvalue weighted by molar-refractivity contribution is 0.304.